The minimum atomic E-state index is -0.862. The lowest BCUT2D eigenvalue weighted by atomic mass is 9.68. The van der Waals surface area contributed by atoms with Gasteiger partial charge in [0.05, 0.1) is 11.8 Å². The highest BCUT2D eigenvalue weighted by Crippen LogP contribution is 2.43. The van der Waals surface area contributed by atoms with Gasteiger partial charge in [0.1, 0.15) is 0 Å². The van der Waals surface area contributed by atoms with Gasteiger partial charge >= 0.3 is 5.97 Å². The fraction of sp³-hybridized carbons (Fsp3) is 0.600. The lowest BCUT2D eigenvalue weighted by Crippen LogP contribution is -2.48. The summed E-state index contributed by atoms with van der Waals surface area (Å²) in [6, 6.07) is 6.07. The summed E-state index contributed by atoms with van der Waals surface area (Å²) < 4.78 is 10.9. The van der Waals surface area contributed by atoms with E-state index in [1.54, 1.807) is 0 Å². The maximum absolute atomic E-state index is 12.5. The van der Waals surface area contributed by atoms with Gasteiger partial charge in [0.25, 0.3) is 0 Å². The number of hydrogen-bond donors (Lipinski definition) is 2. The quantitative estimate of drug-likeness (QED) is 0.844. The summed E-state index contributed by atoms with van der Waals surface area (Å²) in [5.41, 5.74) is 1.06. The molecule has 6 heteroatoms. The van der Waals surface area contributed by atoms with E-state index in [-0.39, 0.29) is 24.0 Å². The molecule has 0 radical (unpaired) electrons. The number of carboxylic acid groups (broad SMARTS) is 1. The SMILES string of the molecule is O=C(O)C1CCC1C(=O)NCC1(c2ccc3c(c2)OCO3)CCCCC1. The van der Waals surface area contributed by atoms with Gasteiger partial charge in [-0.25, -0.2) is 0 Å². The topological polar surface area (TPSA) is 84.9 Å². The van der Waals surface area contributed by atoms with Crippen molar-refractivity contribution in [2.24, 2.45) is 11.8 Å². The Balaban J connectivity index is 1.50. The Bertz CT molecular complexity index is 710. The van der Waals surface area contributed by atoms with Gasteiger partial charge in [0, 0.05) is 12.0 Å². The minimum Gasteiger partial charge on any atom is -0.481 e. The van der Waals surface area contributed by atoms with E-state index >= 15 is 0 Å². The van der Waals surface area contributed by atoms with Gasteiger partial charge in [0.2, 0.25) is 12.7 Å². The molecule has 2 fully saturated rings. The van der Waals surface area contributed by atoms with Crippen molar-refractivity contribution in [2.45, 2.75) is 50.4 Å². The molecule has 0 saturated heterocycles. The third-order valence-electron chi connectivity index (χ3n) is 6.32. The van der Waals surface area contributed by atoms with E-state index in [0.717, 1.165) is 37.2 Å². The Labute approximate surface area is 152 Å². The molecule has 2 atom stereocenters. The Hall–Kier alpha value is -2.24. The third kappa shape index (κ3) is 3.02. The number of benzene rings is 1. The molecule has 1 aromatic carbocycles. The van der Waals surface area contributed by atoms with Crippen molar-refractivity contribution in [2.75, 3.05) is 13.3 Å². The number of aliphatic carboxylic acids is 1. The highest BCUT2D eigenvalue weighted by molar-refractivity contribution is 5.86. The summed E-state index contributed by atoms with van der Waals surface area (Å²) >= 11 is 0. The number of carbonyl (C=O) groups excluding carboxylic acids is 1. The first-order chi connectivity index (χ1) is 12.6. The highest BCUT2D eigenvalue weighted by Gasteiger charge is 2.42. The number of carbonyl (C=O) groups is 2. The minimum absolute atomic E-state index is 0.114. The zero-order valence-corrected chi connectivity index (χ0v) is 14.8. The van der Waals surface area contributed by atoms with Crippen LogP contribution in [0.5, 0.6) is 11.5 Å². The van der Waals surface area contributed by atoms with Crippen molar-refractivity contribution in [1.29, 1.82) is 0 Å². The van der Waals surface area contributed by atoms with Crippen LogP contribution in [-0.2, 0) is 15.0 Å². The van der Waals surface area contributed by atoms with Crippen LogP contribution in [0, 0.1) is 11.8 Å². The Morgan fingerprint density at radius 3 is 2.50 bits per heavy atom. The molecule has 0 bridgehead atoms. The molecule has 140 valence electrons. The van der Waals surface area contributed by atoms with Crippen LogP contribution >= 0.6 is 0 Å². The fourth-order valence-corrected chi connectivity index (χ4v) is 4.52. The normalized spacial score (nSPS) is 26.0. The lowest BCUT2D eigenvalue weighted by molar-refractivity contribution is -0.152. The van der Waals surface area contributed by atoms with Crippen LogP contribution in [0.2, 0.25) is 0 Å². The molecule has 2 aliphatic carbocycles. The standard InChI is InChI=1S/C20H25NO5/c22-18(14-5-6-15(14)19(23)24)21-11-20(8-2-1-3-9-20)13-4-7-16-17(10-13)26-12-25-16/h4,7,10,14-15H,1-3,5-6,8-9,11-12H2,(H,21,22)(H,23,24). The predicted molar refractivity (Wildman–Crippen MR) is 94.2 cm³/mol. The number of hydrogen-bond acceptors (Lipinski definition) is 4. The van der Waals surface area contributed by atoms with E-state index in [2.05, 4.69) is 11.4 Å². The number of carboxylic acids is 1. The molecule has 4 rings (SSSR count). The number of fused-ring (bicyclic) bond motifs is 1. The van der Waals surface area contributed by atoms with Gasteiger partial charge in [-0.15, -0.1) is 0 Å². The largest absolute Gasteiger partial charge is 0.481 e. The molecule has 2 saturated carbocycles. The van der Waals surface area contributed by atoms with Gasteiger partial charge in [-0.1, -0.05) is 25.3 Å². The summed E-state index contributed by atoms with van der Waals surface area (Å²) in [6.07, 6.45) is 6.77. The van der Waals surface area contributed by atoms with Crippen molar-refractivity contribution in [3.05, 3.63) is 23.8 Å². The Kier molecular flexibility index (Phi) is 4.51. The monoisotopic (exact) mass is 359 g/mol. The average Bonchev–Trinajstić information content (AvgIpc) is 3.07. The molecular weight excluding hydrogens is 334 g/mol. The van der Waals surface area contributed by atoms with Crippen molar-refractivity contribution in [3.63, 3.8) is 0 Å². The molecule has 26 heavy (non-hydrogen) atoms. The molecule has 1 amide bonds. The summed E-state index contributed by atoms with van der Waals surface area (Å²) in [4.78, 5) is 23.7. The highest BCUT2D eigenvalue weighted by atomic mass is 16.7. The summed E-state index contributed by atoms with van der Waals surface area (Å²) in [5, 5.41) is 12.3. The summed E-state index contributed by atoms with van der Waals surface area (Å²) in [6.45, 7) is 0.801. The van der Waals surface area contributed by atoms with E-state index in [1.807, 2.05) is 12.1 Å². The van der Waals surface area contributed by atoms with Crippen LogP contribution in [0.4, 0.5) is 0 Å². The predicted octanol–water partition coefficient (Wildman–Crippen LogP) is 2.84. The summed E-state index contributed by atoms with van der Waals surface area (Å²) in [5.74, 6) is -0.354. The van der Waals surface area contributed by atoms with Crippen molar-refractivity contribution in [3.8, 4) is 11.5 Å². The van der Waals surface area contributed by atoms with Crippen molar-refractivity contribution in [1.82, 2.24) is 5.32 Å². The van der Waals surface area contributed by atoms with E-state index < -0.39 is 11.9 Å². The second kappa shape index (κ2) is 6.82. The molecule has 1 aliphatic heterocycles. The van der Waals surface area contributed by atoms with Gasteiger partial charge in [0.15, 0.2) is 11.5 Å². The molecule has 0 aromatic heterocycles. The van der Waals surface area contributed by atoms with Crippen LogP contribution in [0.3, 0.4) is 0 Å². The van der Waals surface area contributed by atoms with E-state index in [9.17, 15) is 14.7 Å². The first kappa shape index (κ1) is 17.2. The summed E-state index contributed by atoms with van der Waals surface area (Å²) in [7, 11) is 0. The van der Waals surface area contributed by atoms with Gasteiger partial charge < -0.3 is 19.9 Å². The first-order valence-electron chi connectivity index (χ1n) is 9.50. The van der Waals surface area contributed by atoms with Gasteiger partial charge in [-0.05, 0) is 43.4 Å². The maximum Gasteiger partial charge on any atom is 0.307 e. The number of nitrogens with one attached hydrogen (secondary N) is 1. The maximum atomic E-state index is 12.5. The number of rotatable bonds is 5. The van der Waals surface area contributed by atoms with Gasteiger partial charge in [-0.2, -0.15) is 0 Å². The number of amides is 1. The molecule has 3 aliphatic rings. The molecule has 2 unspecified atom stereocenters. The van der Waals surface area contributed by atoms with Crippen molar-refractivity contribution < 1.29 is 24.2 Å². The fourth-order valence-electron chi connectivity index (χ4n) is 4.52. The van der Waals surface area contributed by atoms with E-state index in [4.69, 9.17) is 9.47 Å². The van der Waals surface area contributed by atoms with Crippen LogP contribution in [-0.4, -0.2) is 30.3 Å². The molecule has 2 N–H and O–H groups in total. The molecule has 1 heterocycles. The molecule has 0 spiro atoms. The zero-order chi connectivity index (χ0) is 18.1. The zero-order valence-electron chi connectivity index (χ0n) is 14.8. The Morgan fingerprint density at radius 2 is 1.81 bits per heavy atom. The lowest BCUT2D eigenvalue weighted by Gasteiger charge is -2.39. The second-order valence-corrected chi connectivity index (χ2v) is 7.76. The second-order valence-electron chi connectivity index (χ2n) is 7.76. The molecular formula is C20H25NO5. The van der Waals surface area contributed by atoms with Crippen LogP contribution in [0.25, 0.3) is 0 Å². The van der Waals surface area contributed by atoms with Crippen LogP contribution < -0.4 is 14.8 Å². The molecule has 6 nitrogen and oxygen atoms in total. The first-order valence-corrected chi connectivity index (χ1v) is 9.50. The van der Waals surface area contributed by atoms with Crippen LogP contribution in [0.1, 0.15) is 50.5 Å². The smallest absolute Gasteiger partial charge is 0.307 e. The molecule has 1 aromatic rings. The third-order valence-corrected chi connectivity index (χ3v) is 6.32. The average molecular weight is 359 g/mol. The van der Waals surface area contributed by atoms with E-state index in [0.29, 0.717) is 19.4 Å². The van der Waals surface area contributed by atoms with Crippen LogP contribution in [0.15, 0.2) is 18.2 Å². The Morgan fingerprint density at radius 1 is 1.08 bits per heavy atom. The number of ether oxygens (including phenoxy) is 2. The van der Waals surface area contributed by atoms with E-state index in [1.165, 1.54) is 12.0 Å². The van der Waals surface area contributed by atoms with Crippen molar-refractivity contribution >= 4 is 11.9 Å². The van der Waals surface area contributed by atoms with Gasteiger partial charge in [-0.3, -0.25) is 9.59 Å².